The van der Waals surface area contributed by atoms with Crippen LogP contribution in [0, 0.1) is 0 Å². The van der Waals surface area contributed by atoms with E-state index in [9.17, 15) is 0 Å². The van der Waals surface area contributed by atoms with Crippen molar-refractivity contribution >= 4 is 60.3 Å². The molecule has 0 unspecified atom stereocenters. The third kappa shape index (κ3) is 3.78. The summed E-state index contributed by atoms with van der Waals surface area (Å²) in [6.07, 6.45) is 3.16. The van der Waals surface area contributed by atoms with Crippen LogP contribution >= 0.6 is 23.1 Å². The van der Waals surface area contributed by atoms with Gasteiger partial charge in [0.15, 0.2) is 0 Å². The van der Waals surface area contributed by atoms with Crippen LogP contribution in [0.1, 0.15) is 34.7 Å². The molecule has 1 aliphatic heterocycles. The lowest BCUT2D eigenvalue weighted by atomic mass is 9.61. The normalized spacial score (nSPS) is 13.7. The molecule has 1 aromatic heterocycles. The van der Waals surface area contributed by atoms with Gasteiger partial charge in [0.25, 0.3) is 0 Å². The summed E-state index contributed by atoms with van der Waals surface area (Å²) in [6, 6.07) is 51.7. The number of para-hydroxylation sites is 3. The minimum Gasteiger partial charge on any atom is -0.310 e. The number of rotatable bonds is 5. The summed E-state index contributed by atoms with van der Waals surface area (Å²) in [5.41, 5.74) is 9.89. The van der Waals surface area contributed by atoms with Crippen LogP contribution in [0.15, 0.2) is 144 Å². The van der Waals surface area contributed by atoms with Crippen LogP contribution < -0.4 is 4.90 Å². The van der Waals surface area contributed by atoms with Crippen molar-refractivity contribution in [3.63, 3.8) is 0 Å². The van der Waals surface area contributed by atoms with Crippen molar-refractivity contribution in [2.24, 2.45) is 0 Å². The van der Waals surface area contributed by atoms with Crippen molar-refractivity contribution in [1.82, 2.24) is 0 Å². The number of benzene rings is 6. The molecule has 0 fully saturated rings. The maximum absolute atomic E-state index is 2.45. The lowest BCUT2D eigenvalue weighted by Crippen LogP contribution is -2.39. The van der Waals surface area contributed by atoms with Gasteiger partial charge in [0.1, 0.15) is 0 Å². The van der Waals surface area contributed by atoms with Crippen molar-refractivity contribution in [1.29, 1.82) is 0 Å². The van der Waals surface area contributed by atoms with Crippen molar-refractivity contribution in [3.8, 4) is 0 Å². The highest BCUT2D eigenvalue weighted by molar-refractivity contribution is 7.98. The summed E-state index contributed by atoms with van der Waals surface area (Å²) < 4.78 is 2.75. The molecule has 0 spiro atoms. The molecule has 0 amide bonds. The van der Waals surface area contributed by atoms with Crippen molar-refractivity contribution < 1.29 is 0 Å². The Morgan fingerprint density at radius 3 is 1.88 bits per heavy atom. The summed E-state index contributed by atoms with van der Waals surface area (Å²) in [6.45, 7) is 2.33. The number of anilines is 3. The number of aryl methyl sites for hydroxylation is 1. The van der Waals surface area contributed by atoms with E-state index < -0.39 is 5.41 Å². The molecule has 0 atom stereocenters. The second-order valence-corrected chi connectivity index (χ2v) is 13.0. The zero-order valence-corrected chi connectivity index (χ0v) is 25.9. The van der Waals surface area contributed by atoms with Gasteiger partial charge in [0.2, 0.25) is 0 Å². The van der Waals surface area contributed by atoms with Gasteiger partial charge in [-0.3, -0.25) is 0 Å². The Balaban J connectivity index is 1.57. The fraction of sp³-hybridized carbons (Fsp3) is 0.100. The van der Waals surface area contributed by atoms with E-state index in [1.165, 1.54) is 69.9 Å². The molecule has 3 heteroatoms. The molecule has 7 aromatic rings. The lowest BCUT2D eigenvalue weighted by Gasteiger charge is -2.47. The Hall–Kier alpha value is -4.31. The molecule has 0 saturated carbocycles. The van der Waals surface area contributed by atoms with Gasteiger partial charge < -0.3 is 4.90 Å². The zero-order valence-electron chi connectivity index (χ0n) is 24.2. The maximum Gasteiger partial charge on any atom is 0.0756 e. The second-order valence-electron chi connectivity index (χ2n) is 11.1. The van der Waals surface area contributed by atoms with Gasteiger partial charge in [0.05, 0.1) is 16.8 Å². The molecule has 1 nitrogen and oxygen atoms in total. The molecule has 0 aliphatic carbocycles. The summed E-state index contributed by atoms with van der Waals surface area (Å²) in [5.74, 6) is 0. The second kappa shape index (κ2) is 10.4. The van der Waals surface area contributed by atoms with Gasteiger partial charge in [-0.2, -0.15) is 0 Å². The standard InChI is InChI=1S/C40H31NS2/c1-3-28-31(26-25-30-29-17-7-13-23-37(29)43-39(28)30)40(34-20-10-14-24-38(34)42-2)32-18-8-11-21-35(32)41(27-15-5-4-6-16-27)36-22-12-9-19-33(36)40/h4-26H,3H2,1-2H3. The number of fused-ring (bicyclic) bond motifs is 5. The molecule has 0 N–H and O–H groups in total. The predicted octanol–water partition coefficient (Wildman–Crippen LogP) is 11.5. The fourth-order valence-electron chi connectivity index (χ4n) is 7.33. The number of nitrogens with zero attached hydrogens (tertiary/aromatic N) is 1. The third-order valence-corrected chi connectivity index (χ3v) is 11.1. The van der Waals surface area contributed by atoms with E-state index in [1.54, 1.807) is 0 Å². The molecule has 2 heterocycles. The SMILES string of the molecule is CCc1c(C2(c3ccccc3SC)c3ccccc3N(c3ccccc3)c3ccccc32)ccc2c1sc1ccccc12. The van der Waals surface area contributed by atoms with Crippen molar-refractivity contribution in [3.05, 3.63) is 167 Å². The number of thiophene rings is 1. The van der Waals surface area contributed by atoms with E-state index >= 15 is 0 Å². The van der Waals surface area contributed by atoms with Gasteiger partial charge >= 0.3 is 0 Å². The van der Waals surface area contributed by atoms with E-state index in [0.717, 1.165) is 6.42 Å². The van der Waals surface area contributed by atoms with Gasteiger partial charge in [-0.1, -0.05) is 110 Å². The van der Waals surface area contributed by atoms with E-state index in [0.29, 0.717) is 0 Å². The van der Waals surface area contributed by atoms with Crippen LogP contribution in [0.25, 0.3) is 20.2 Å². The monoisotopic (exact) mass is 589 g/mol. The van der Waals surface area contributed by atoms with E-state index in [1.807, 2.05) is 23.1 Å². The molecule has 43 heavy (non-hydrogen) atoms. The first-order valence-electron chi connectivity index (χ1n) is 14.9. The van der Waals surface area contributed by atoms with E-state index in [4.69, 9.17) is 0 Å². The number of thioether (sulfide) groups is 1. The number of hydrogen-bond acceptors (Lipinski definition) is 3. The van der Waals surface area contributed by atoms with E-state index in [2.05, 4.69) is 158 Å². The Labute approximate surface area is 261 Å². The van der Waals surface area contributed by atoms with Gasteiger partial charge in [0, 0.05) is 30.8 Å². The van der Waals surface area contributed by atoms with Crippen LogP contribution in [0.3, 0.4) is 0 Å². The van der Waals surface area contributed by atoms with Crippen LogP contribution in [0.5, 0.6) is 0 Å². The van der Waals surface area contributed by atoms with Gasteiger partial charge in [-0.25, -0.2) is 0 Å². The molecule has 0 saturated heterocycles. The molecular weight excluding hydrogens is 559 g/mol. The molecule has 0 radical (unpaired) electrons. The minimum absolute atomic E-state index is 0.506. The van der Waals surface area contributed by atoms with Gasteiger partial charge in [-0.05, 0) is 76.9 Å². The Morgan fingerprint density at radius 1 is 0.581 bits per heavy atom. The Morgan fingerprint density at radius 2 is 1.19 bits per heavy atom. The number of hydrogen-bond donors (Lipinski definition) is 0. The highest BCUT2D eigenvalue weighted by Gasteiger charge is 2.48. The molecule has 6 aromatic carbocycles. The predicted molar refractivity (Wildman–Crippen MR) is 187 cm³/mol. The largest absolute Gasteiger partial charge is 0.310 e. The first kappa shape index (κ1) is 26.3. The first-order chi connectivity index (χ1) is 21.3. The molecule has 208 valence electrons. The molecule has 1 aliphatic rings. The quantitative estimate of drug-likeness (QED) is 0.184. The minimum atomic E-state index is -0.506. The molecule has 8 rings (SSSR count). The molecular formula is C40H31NS2. The first-order valence-corrected chi connectivity index (χ1v) is 16.9. The van der Waals surface area contributed by atoms with Crippen LogP contribution in [-0.2, 0) is 11.8 Å². The average Bonchev–Trinajstić information content (AvgIpc) is 3.46. The van der Waals surface area contributed by atoms with Crippen molar-refractivity contribution in [2.45, 2.75) is 23.7 Å². The smallest absolute Gasteiger partial charge is 0.0756 e. The van der Waals surface area contributed by atoms with Crippen LogP contribution in [0.4, 0.5) is 17.1 Å². The fourth-order valence-corrected chi connectivity index (χ4v) is 9.30. The van der Waals surface area contributed by atoms with Crippen molar-refractivity contribution in [2.75, 3.05) is 11.2 Å². The lowest BCUT2D eigenvalue weighted by molar-refractivity contribution is 0.707. The Bertz CT molecular complexity index is 2080. The summed E-state index contributed by atoms with van der Waals surface area (Å²) >= 11 is 3.78. The highest BCUT2D eigenvalue weighted by Crippen LogP contribution is 2.60. The molecule has 0 bridgehead atoms. The highest BCUT2D eigenvalue weighted by atomic mass is 32.2. The van der Waals surface area contributed by atoms with E-state index in [-0.39, 0.29) is 0 Å². The summed E-state index contributed by atoms with van der Waals surface area (Å²) in [4.78, 5) is 3.76. The van der Waals surface area contributed by atoms with Gasteiger partial charge in [-0.15, -0.1) is 23.1 Å². The Kier molecular flexibility index (Phi) is 6.40. The van der Waals surface area contributed by atoms with Crippen LogP contribution in [-0.4, -0.2) is 6.26 Å². The third-order valence-electron chi connectivity index (χ3n) is 9.03. The summed E-state index contributed by atoms with van der Waals surface area (Å²) in [7, 11) is 0. The summed E-state index contributed by atoms with van der Waals surface area (Å²) in [5, 5.41) is 2.71. The average molecular weight is 590 g/mol. The zero-order chi connectivity index (χ0) is 29.0. The maximum atomic E-state index is 2.45. The topological polar surface area (TPSA) is 3.24 Å². The van der Waals surface area contributed by atoms with Crippen LogP contribution in [0.2, 0.25) is 0 Å².